The third-order valence-electron chi connectivity index (χ3n) is 3.45. The van der Waals surface area contributed by atoms with Crippen LogP contribution in [0.1, 0.15) is 24.0 Å². The van der Waals surface area contributed by atoms with Gasteiger partial charge in [-0.3, -0.25) is 9.59 Å². The van der Waals surface area contributed by atoms with Crippen LogP contribution >= 0.6 is 0 Å². The molecule has 0 saturated carbocycles. The Hall–Kier alpha value is -2.66. The van der Waals surface area contributed by atoms with Crippen LogP contribution in [0.25, 0.3) is 0 Å². The number of carbonyl (C=O) groups is 2. The molecule has 0 aliphatic rings. The maximum absolute atomic E-state index is 11.9. The standard InChI is InChI=1S/C19H21NO4/c21-18(12-13-24-14-16-4-2-1-3-5-16)20-17-9-6-15(7-10-17)8-11-19(22)23/h1-7,9-10H,8,11-14H2,(H,20,21)(H,22,23). The molecule has 1 amide bonds. The Morgan fingerprint density at radius 3 is 2.29 bits per heavy atom. The van der Waals surface area contributed by atoms with Gasteiger partial charge in [0.2, 0.25) is 5.91 Å². The predicted molar refractivity (Wildman–Crippen MR) is 91.7 cm³/mol. The number of carboxylic acids is 1. The van der Waals surface area contributed by atoms with E-state index in [1.165, 1.54) is 0 Å². The van der Waals surface area contributed by atoms with Crippen LogP contribution in [0.5, 0.6) is 0 Å². The van der Waals surface area contributed by atoms with Crippen LogP contribution in [0.2, 0.25) is 0 Å². The van der Waals surface area contributed by atoms with E-state index < -0.39 is 5.97 Å². The van der Waals surface area contributed by atoms with Crippen molar-refractivity contribution >= 4 is 17.6 Å². The van der Waals surface area contributed by atoms with Gasteiger partial charge in [-0.1, -0.05) is 42.5 Å². The van der Waals surface area contributed by atoms with E-state index >= 15 is 0 Å². The number of nitrogens with one attached hydrogen (secondary N) is 1. The van der Waals surface area contributed by atoms with Gasteiger partial charge in [-0.15, -0.1) is 0 Å². The average Bonchev–Trinajstić information content (AvgIpc) is 2.59. The molecule has 0 aliphatic heterocycles. The van der Waals surface area contributed by atoms with Crippen LogP contribution in [-0.4, -0.2) is 23.6 Å². The van der Waals surface area contributed by atoms with Gasteiger partial charge in [0.1, 0.15) is 0 Å². The van der Waals surface area contributed by atoms with Crippen molar-refractivity contribution in [3.8, 4) is 0 Å². The summed E-state index contributed by atoms with van der Waals surface area (Å²) in [4.78, 5) is 22.4. The Kier molecular flexibility index (Phi) is 6.98. The smallest absolute Gasteiger partial charge is 0.303 e. The SMILES string of the molecule is O=C(O)CCc1ccc(NC(=O)CCOCc2ccccc2)cc1. The molecule has 0 saturated heterocycles. The molecule has 0 aliphatic carbocycles. The monoisotopic (exact) mass is 327 g/mol. The highest BCUT2D eigenvalue weighted by atomic mass is 16.5. The predicted octanol–water partition coefficient (Wildman–Crippen LogP) is 3.25. The van der Waals surface area contributed by atoms with Crippen LogP contribution in [0.3, 0.4) is 0 Å². The first kappa shape index (κ1) is 17.7. The molecule has 0 aromatic heterocycles. The van der Waals surface area contributed by atoms with Crippen LogP contribution in [-0.2, 0) is 27.4 Å². The molecule has 0 spiro atoms. The number of anilines is 1. The summed E-state index contributed by atoms with van der Waals surface area (Å²) < 4.78 is 5.49. The van der Waals surface area contributed by atoms with E-state index in [-0.39, 0.29) is 18.7 Å². The summed E-state index contributed by atoms with van der Waals surface area (Å²) in [5.41, 5.74) is 2.71. The maximum atomic E-state index is 11.9. The third kappa shape index (κ3) is 6.62. The molecule has 0 radical (unpaired) electrons. The minimum Gasteiger partial charge on any atom is -0.481 e. The highest BCUT2D eigenvalue weighted by Gasteiger charge is 2.04. The molecule has 0 fully saturated rings. The van der Waals surface area contributed by atoms with E-state index in [9.17, 15) is 9.59 Å². The summed E-state index contributed by atoms with van der Waals surface area (Å²) >= 11 is 0. The zero-order valence-electron chi connectivity index (χ0n) is 13.4. The van der Waals surface area contributed by atoms with Crippen molar-refractivity contribution < 1.29 is 19.4 Å². The molecule has 0 heterocycles. The van der Waals surface area contributed by atoms with Gasteiger partial charge < -0.3 is 15.2 Å². The van der Waals surface area contributed by atoms with Crippen molar-refractivity contribution in [2.75, 3.05) is 11.9 Å². The topological polar surface area (TPSA) is 75.6 Å². The van der Waals surface area contributed by atoms with E-state index in [4.69, 9.17) is 9.84 Å². The molecule has 24 heavy (non-hydrogen) atoms. The van der Waals surface area contributed by atoms with Crippen molar-refractivity contribution in [2.24, 2.45) is 0 Å². The summed E-state index contributed by atoms with van der Waals surface area (Å²) in [5.74, 6) is -0.927. The Bertz CT molecular complexity index is 653. The van der Waals surface area contributed by atoms with Crippen molar-refractivity contribution in [3.05, 3.63) is 65.7 Å². The van der Waals surface area contributed by atoms with Gasteiger partial charge in [0, 0.05) is 12.1 Å². The molecule has 5 nitrogen and oxygen atoms in total. The summed E-state index contributed by atoms with van der Waals surface area (Å²) in [6.07, 6.45) is 0.870. The zero-order chi connectivity index (χ0) is 17.2. The lowest BCUT2D eigenvalue weighted by molar-refractivity contribution is -0.137. The molecule has 0 atom stereocenters. The van der Waals surface area contributed by atoms with Crippen LogP contribution < -0.4 is 5.32 Å². The highest BCUT2D eigenvalue weighted by molar-refractivity contribution is 5.90. The van der Waals surface area contributed by atoms with E-state index in [1.807, 2.05) is 42.5 Å². The van der Waals surface area contributed by atoms with Crippen LogP contribution in [0.15, 0.2) is 54.6 Å². The number of benzene rings is 2. The minimum absolute atomic E-state index is 0.102. The molecular formula is C19H21NO4. The lowest BCUT2D eigenvalue weighted by atomic mass is 10.1. The minimum atomic E-state index is -0.817. The Labute approximate surface area is 141 Å². The Morgan fingerprint density at radius 1 is 0.917 bits per heavy atom. The van der Waals surface area contributed by atoms with Gasteiger partial charge in [-0.25, -0.2) is 0 Å². The quantitative estimate of drug-likeness (QED) is 0.693. The molecule has 2 rings (SSSR count). The second-order valence-corrected chi connectivity index (χ2v) is 5.43. The number of aryl methyl sites for hydroxylation is 1. The average molecular weight is 327 g/mol. The number of carboxylic acid groups (broad SMARTS) is 1. The van der Waals surface area contributed by atoms with Crippen LogP contribution in [0.4, 0.5) is 5.69 Å². The maximum Gasteiger partial charge on any atom is 0.303 e. The molecule has 2 N–H and O–H groups in total. The lowest BCUT2D eigenvalue weighted by Gasteiger charge is -2.07. The summed E-state index contributed by atoms with van der Waals surface area (Å²) in [6.45, 7) is 0.851. The van der Waals surface area contributed by atoms with Gasteiger partial charge in [0.15, 0.2) is 0 Å². The summed E-state index contributed by atoms with van der Waals surface area (Å²) in [6, 6.07) is 17.0. The van der Waals surface area contributed by atoms with Crippen LogP contribution in [0, 0.1) is 0 Å². The molecular weight excluding hydrogens is 306 g/mol. The zero-order valence-corrected chi connectivity index (χ0v) is 13.4. The Morgan fingerprint density at radius 2 is 1.62 bits per heavy atom. The van der Waals surface area contributed by atoms with E-state index in [2.05, 4.69) is 5.32 Å². The largest absolute Gasteiger partial charge is 0.481 e. The molecule has 0 bridgehead atoms. The number of hydrogen-bond acceptors (Lipinski definition) is 3. The first-order valence-corrected chi connectivity index (χ1v) is 7.86. The van der Waals surface area contributed by atoms with Crippen molar-refractivity contribution in [1.82, 2.24) is 0 Å². The second kappa shape index (κ2) is 9.47. The van der Waals surface area contributed by atoms with Gasteiger partial charge >= 0.3 is 5.97 Å². The number of carbonyl (C=O) groups excluding carboxylic acids is 1. The van der Waals surface area contributed by atoms with Crippen molar-refractivity contribution in [3.63, 3.8) is 0 Å². The third-order valence-corrected chi connectivity index (χ3v) is 3.45. The molecule has 126 valence electrons. The second-order valence-electron chi connectivity index (χ2n) is 5.43. The van der Waals surface area contributed by atoms with Crippen molar-refractivity contribution in [1.29, 1.82) is 0 Å². The molecule has 2 aromatic carbocycles. The Balaban J connectivity index is 1.67. The molecule has 2 aromatic rings. The number of amides is 1. The fourth-order valence-electron chi connectivity index (χ4n) is 2.16. The molecule has 5 heteroatoms. The number of rotatable bonds is 9. The van der Waals surface area contributed by atoms with Gasteiger partial charge in [-0.05, 0) is 29.7 Å². The summed E-state index contributed by atoms with van der Waals surface area (Å²) in [7, 11) is 0. The van der Waals surface area contributed by atoms with Gasteiger partial charge in [-0.2, -0.15) is 0 Å². The van der Waals surface area contributed by atoms with E-state index in [0.717, 1.165) is 11.1 Å². The lowest BCUT2D eigenvalue weighted by Crippen LogP contribution is -2.14. The number of aliphatic carboxylic acids is 1. The van der Waals surface area contributed by atoms with Crippen molar-refractivity contribution in [2.45, 2.75) is 25.9 Å². The normalized spacial score (nSPS) is 10.3. The number of hydrogen-bond donors (Lipinski definition) is 2. The van der Waals surface area contributed by atoms with E-state index in [1.54, 1.807) is 12.1 Å². The van der Waals surface area contributed by atoms with Gasteiger partial charge in [0.05, 0.1) is 19.6 Å². The fourth-order valence-corrected chi connectivity index (χ4v) is 2.16. The van der Waals surface area contributed by atoms with E-state index in [0.29, 0.717) is 25.3 Å². The highest BCUT2D eigenvalue weighted by Crippen LogP contribution is 2.11. The fraction of sp³-hybridized carbons (Fsp3) is 0.263. The number of ether oxygens (including phenoxy) is 1. The summed E-state index contributed by atoms with van der Waals surface area (Å²) in [5, 5.41) is 11.5. The first-order chi connectivity index (χ1) is 11.6. The van der Waals surface area contributed by atoms with Gasteiger partial charge in [0.25, 0.3) is 0 Å². The first-order valence-electron chi connectivity index (χ1n) is 7.86. The molecule has 0 unspecified atom stereocenters.